The topological polar surface area (TPSA) is 29.5 Å². The predicted molar refractivity (Wildman–Crippen MR) is 70.5 cm³/mol. The van der Waals surface area contributed by atoms with E-state index in [1.54, 1.807) is 0 Å². The number of ketones is 1. The largest absolute Gasteiger partial charge is 0.378 e. The molecule has 0 N–H and O–H groups in total. The number of carbonyl (C=O) groups excluding carboxylic acids is 1. The predicted octanol–water partition coefficient (Wildman–Crippen LogP) is 2.31. The second-order valence-corrected chi connectivity index (χ2v) is 5.87. The van der Waals surface area contributed by atoms with Crippen molar-refractivity contribution in [2.45, 2.75) is 63.1 Å². The van der Waals surface area contributed by atoms with Crippen LogP contribution < -0.4 is 0 Å². The Kier molecular flexibility index (Phi) is 3.80. The van der Waals surface area contributed by atoms with Crippen molar-refractivity contribution >= 4 is 5.78 Å². The Morgan fingerprint density at radius 3 is 2.67 bits per heavy atom. The Labute approximate surface area is 109 Å². The molecule has 18 heavy (non-hydrogen) atoms. The van der Waals surface area contributed by atoms with Crippen molar-refractivity contribution in [2.75, 3.05) is 13.2 Å². The van der Waals surface area contributed by atoms with Crippen LogP contribution in [0.15, 0.2) is 12.2 Å². The first-order valence-electron chi connectivity index (χ1n) is 7.38. The number of ether oxygens (including phenoxy) is 1. The first-order valence-corrected chi connectivity index (χ1v) is 7.38. The molecule has 0 amide bonds. The summed E-state index contributed by atoms with van der Waals surface area (Å²) in [6.45, 7) is 1.49. The van der Waals surface area contributed by atoms with Crippen molar-refractivity contribution in [3.63, 3.8) is 0 Å². The second-order valence-electron chi connectivity index (χ2n) is 5.87. The van der Waals surface area contributed by atoms with Crippen molar-refractivity contribution in [1.82, 2.24) is 4.90 Å². The molecule has 3 heteroatoms. The maximum absolute atomic E-state index is 11.7. The lowest BCUT2D eigenvalue weighted by Gasteiger charge is -2.48. The highest BCUT2D eigenvalue weighted by Gasteiger charge is 2.40. The SMILES string of the molecule is O=C1CC2COCC(C1)N2C1C=CCCCCC1. The van der Waals surface area contributed by atoms with Gasteiger partial charge in [0.1, 0.15) is 5.78 Å². The number of fused-ring (bicyclic) bond motifs is 2. The highest BCUT2D eigenvalue weighted by Crippen LogP contribution is 2.30. The summed E-state index contributed by atoms with van der Waals surface area (Å²) in [5.41, 5.74) is 0. The van der Waals surface area contributed by atoms with Gasteiger partial charge in [0.25, 0.3) is 0 Å². The van der Waals surface area contributed by atoms with Gasteiger partial charge in [-0.25, -0.2) is 0 Å². The number of hydrogen-bond donors (Lipinski definition) is 0. The van der Waals surface area contributed by atoms with Crippen molar-refractivity contribution in [3.05, 3.63) is 12.2 Å². The molecule has 0 spiro atoms. The van der Waals surface area contributed by atoms with E-state index in [4.69, 9.17) is 4.74 Å². The van der Waals surface area contributed by atoms with Gasteiger partial charge in [-0.05, 0) is 19.3 Å². The molecule has 0 aromatic heterocycles. The van der Waals surface area contributed by atoms with Gasteiger partial charge in [-0.15, -0.1) is 0 Å². The van der Waals surface area contributed by atoms with E-state index in [1.165, 1.54) is 32.1 Å². The van der Waals surface area contributed by atoms with Crippen LogP contribution in [0, 0.1) is 0 Å². The van der Waals surface area contributed by atoms with Gasteiger partial charge in [0, 0.05) is 31.0 Å². The van der Waals surface area contributed by atoms with Gasteiger partial charge >= 0.3 is 0 Å². The smallest absolute Gasteiger partial charge is 0.136 e. The zero-order chi connectivity index (χ0) is 12.4. The molecule has 3 atom stereocenters. The van der Waals surface area contributed by atoms with Crippen molar-refractivity contribution < 1.29 is 9.53 Å². The van der Waals surface area contributed by atoms with Crippen LogP contribution in [-0.4, -0.2) is 42.0 Å². The molecule has 3 aliphatic rings. The van der Waals surface area contributed by atoms with Crippen LogP contribution in [-0.2, 0) is 9.53 Å². The fraction of sp³-hybridized carbons (Fsp3) is 0.800. The van der Waals surface area contributed by atoms with Crippen LogP contribution in [0.1, 0.15) is 44.9 Å². The minimum Gasteiger partial charge on any atom is -0.378 e. The van der Waals surface area contributed by atoms with Crippen LogP contribution >= 0.6 is 0 Å². The average molecular weight is 249 g/mol. The van der Waals surface area contributed by atoms with Crippen molar-refractivity contribution in [2.24, 2.45) is 0 Å². The molecule has 3 nitrogen and oxygen atoms in total. The molecule has 0 aromatic carbocycles. The van der Waals surface area contributed by atoms with Gasteiger partial charge in [-0.2, -0.15) is 0 Å². The minimum atomic E-state index is 0.332. The number of morpholine rings is 1. The molecule has 2 fully saturated rings. The molecule has 2 aliphatic heterocycles. The third-order valence-electron chi connectivity index (χ3n) is 4.50. The monoisotopic (exact) mass is 249 g/mol. The van der Waals surface area contributed by atoms with Crippen LogP contribution in [0.5, 0.6) is 0 Å². The normalized spacial score (nSPS) is 38.2. The van der Waals surface area contributed by atoms with E-state index >= 15 is 0 Å². The Balaban J connectivity index is 1.76. The van der Waals surface area contributed by atoms with Gasteiger partial charge in [-0.3, -0.25) is 9.69 Å². The molecular formula is C15H23NO2. The molecule has 100 valence electrons. The molecule has 0 radical (unpaired) electrons. The molecule has 2 heterocycles. The first kappa shape index (κ1) is 12.4. The molecular weight excluding hydrogens is 226 g/mol. The quantitative estimate of drug-likeness (QED) is 0.668. The number of nitrogens with zero attached hydrogens (tertiary/aromatic N) is 1. The van der Waals surface area contributed by atoms with Gasteiger partial charge in [0.2, 0.25) is 0 Å². The van der Waals surface area contributed by atoms with E-state index < -0.39 is 0 Å². The number of hydrogen-bond acceptors (Lipinski definition) is 3. The Bertz CT molecular complexity index is 323. The number of allylic oxidation sites excluding steroid dienone is 1. The third kappa shape index (κ3) is 2.52. The summed E-state index contributed by atoms with van der Waals surface area (Å²) < 4.78 is 5.64. The summed E-state index contributed by atoms with van der Waals surface area (Å²) in [7, 11) is 0. The summed E-state index contributed by atoms with van der Waals surface area (Å²) in [6.07, 6.45) is 12.6. The van der Waals surface area contributed by atoms with Crippen LogP contribution in [0.3, 0.4) is 0 Å². The van der Waals surface area contributed by atoms with Crippen molar-refractivity contribution in [1.29, 1.82) is 0 Å². The van der Waals surface area contributed by atoms with E-state index in [1.807, 2.05) is 0 Å². The van der Waals surface area contributed by atoms with E-state index in [0.717, 1.165) is 13.2 Å². The molecule has 2 saturated heterocycles. The lowest BCUT2D eigenvalue weighted by atomic mass is 9.89. The second kappa shape index (κ2) is 5.54. The summed E-state index contributed by atoms with van der Waals surface area (Å²) in [5.74, 6) is 0.430. The Morgan fingerprint density at radius 2 is 1.89 bits per heavy atom. The molecule has 3 unspecified atom stereocenters. The molecule has 3 rings (SSSR count). The van der Waals surface area contributed by atoms with Crippen LogP contribution in [0.2, 0.25) is 0 Å². The summed E-state index contributed by atoms with van der Waals surface area (Å²) in [4.78, 5) is 14.3. The Hall–Kier alpha value is -0.670. The first-order chi connectivity index (χ1) is 8.84. The zero-order valence-electron chi connectivity index (χ0n) is 11.0. The summed E-state index contributed by atoms with van der Waals surface area (Å²) >= 11 is 0. The molecule has 2 bridgehead atoms. The fourth-order valence-corrected chi connectivity index (χ4v) is 3.68. The molecule has 1 aliphatic carbocycles. The standard InChI is InChI=1S/C15H23NO2/c17-15-8-13-10-18-11-14(9-15)16(13)12-6-4-2-1-3-5-7-12/h4,6,12-14H,1-3,5,7-11H2. The lowest BCUT2D eigenvalue weighted by Crippen LogP contribution is -2.60. The number of piperidine rings is 1. The van der Waals surface area contributed by atoms with Gasteiger partial charge < -0.3 is 4.74 Å². The zero-order valence-corrected chi connectivity index (χ0v) is 11.0. The van der Waals surface area contributed by atoms with E-state index in [0.29, 0.717) is 36.8 Å². The average Bonchev–Trinajstić information content (AvgIpc) is 2.28. The minimum absolute atomic E-state index is 0.332. The van der Waals surface area contributed by atoms with E-state index in [-0.39, 0.29) is 0 Å². The van der Waals surface area contributed by atoms with Crippen LogP contribution in [0.4, 0.5) is 0 Å². The fourth-order valence-electron chi connectivity index (χ4n) is 3.68. The summed E-state index contributed by atoms with van der Waals surface area (Å²) in [5, 5.41) is 0. The summed E-state index contributed by atoms with van der Waals surface area (Å²) in [6, 6.07) is 1.20. The maximum Gasteiger partial charge on any atom is 0.136 e. The third-order valence-corrected chi connectivity index (χ3v) is 4.50. The number of Topliss-reactive ketones (excluding diaryl/α,β-unsaturated/α-hetero) is 1. The van der Waals surface area contributed by atoms with Gasteiger partial charge in [0.05, 0.1) is 13.2 Å². The van der Waals surface area contributed by atoms with Crippen LogP contribution in [0.25, 0.3) is 0 Å². The molecule has 0 aromatic rings. The maximum atomic E-state index is 11.7. The number of carbonyl (C=O) groups is 1. The lowest BCUT2D eigenvalue weighted by molar-refractivity contribution is -0.138. The molecule has 0 saturated carbocycles. The highest BCUT2D eigenvalue weighted by molar-refractivity contribution is 5.80. The van der Waals surface area contributed by atoms with E-state index in [2.05, 4.69) is 17.1 Å². The highest BCUT2D eigenvalue weighted by atomic mass is 16.5. The number of rotatable bonds is 1. The van der Waals surface area contributed by atoms with E-state index in [9.17, 15) is 4.79 Å². The van der Waals surface area contributed by atoms with Crippen molar-refractivity contribution in [3.8, 4) is 0 Å². The van der Waals surface area contributed by atoms with Gasteiger partial charge in [-0.1, -0.05) is 25.0 Å². The van der Waals surface area contributed by atoms with Gasteiger partial charge in [0.15, 0.2) is 0 Å². The Morgan fingerprint density at radius 1 is 1.11 bits per heavy atom.